The standard InChI is InChI=1S/C27H28N2O5S/c1-15(2)34-27(32)24-18-9-4-6-13-21(18)35-25(24)29-22(30)14-33-26(31)23-16-8-3-5-11-19(16)28-20-12-7-10-17(20)23/h3,5,8,11,15H,4,6-7,9-10,12-14H2,1-2H3,(H,29,30). The van der Waals surface area contributed by atoms with Crippen LogP contribution in [-0.4, -0.2) is 35.5 Å². The molecule has 0 spiro atoms. The second-order valence-electron chi connectivity index (χ2n) is 9.28. The highest BCUT2D eigenvalue weighted by atomic mass is 32.1. The molecule has 0 bridgehead atoms. The zero-order chi connectivity index (χ0) is 24.5. The Kier molecular flexibility index (Phi) is 6.56. The van der Waals surface area contributed by atoms with Crippen molar-refractivity contribution in [3.05, 3.63) is 57.1 Å². The zero-order valence-electron chi connectivity index (χ0n) is 19.9. The first-order valence-electron chi connectivity index (χ1n) is 12.2. The van der Waals surface area contributed by atoms with Crippen molar-refractivity contribution in [2.45, 2.75) is 64.9 Å². The molecule has 3 aromatic rings. The van der Waals surface area contributed by atoms with E-state index in [2.05, 4.69) is 5.32 Å². The van der Waals surface area contributed by atoms with E-state index in [1.807, 2.05) is 24.3 Å². The number of aromatic nitrogens is 1. The Morgan fingerprint density at radius 1 is 0.971 bits per heavy atom. The molecule has 0 radical (unpaired) electrons. The van der Waals surface area contributed by atoms with Crippen molar-refractivity contribution in [3.8, 4) is 0 Å². The fourth-order valence-corrected chi connectivity index (χ4v) is 6.25. The third-order valence-electron chi connectivity index (χ3n) is 6.43. The zero-order valence-corrected chi connectivity index (χ0v) is 20.8. The number of benzene rings is 1. The van der Waals surface area contributed by atoms with Crippen LogP contribution in [0.5, 0.6) is 0 Å². The first-order valence-corrected chi connectivity index (χ1v) is 13.0. The molecule has 182 valence electrons. The van der Waals surface area contributed by atoms with Gasteiger partial charge < -0.3 is 14.8 Å². The molecule has 0 fully saturated rings. The summed E-state index contributed by atoms with van der Waals surface area (Å²) in [5.41, 5.74) is 4.51. The van der Waals surface area contributed by atoms with Crippen LogP contribution in [0.25, 0.3) is 10.9 Å². The van der Waals surface area contributed by atoms with Crippen molar-refractivity contribution >= 4 is 45.1 Å². The fourth-order valence-electron chi connectivity index (χ4n) is 4.95. The maximum atomic E-state index is 13.1. The summed E-state index contributed by atoms with van der Waals surface area (Å²) in [5, 5.41) is 4.02. The van der Waals surface area contributed by atoms with Gasteiger partial charge in [0, 0.05) is 16.0 Å². The third kappa shape index (κ3) is 4.67. The lowest BCUT2D eigenvalue weighted by Crippen LogP contribution is -2.23. The van der Waals surface area contributed by atoms with E-state index in [-0.39, 0.29) is 6.10 Å². The number of anilines is 1. The van der Waals surface area contributed by atoms with Crippen LogP contribution in [0.3, 0.4) is 0 Å². The van der Waals surface area contributed by atoms with Crippen LogP contribution < -0.4 is 5.32 Å². The number of para-hydroxylation sites is 1. The average Bonchev–Trinajstić information content (AvgIpc) is 3.44. The lowest BCUT2D eigenvalue weighted by atomic mass is 9.95. The van der Waals surface area contributed by atoms with Crippen LogP contribution in [0.15, 0.2) is 24.3 Å². The number of esters is 2. The number of hydrogen-bond donors (Lipinski definition) is 1. The number of carbonyl (C=O) groups excluding carboxylic acids is 3. The van der Waals surface area contributed by atoms with Crippen LogP contribution in [0.1, 0.15) is 75.5 Å². The number of fused-ring (bicyclic) bond motifs is 3. The minimum absolute atomic E-state index is 0.261. The largest absolute Gasteiger partial charge is 0.459 e. The molecule has 2 heterocycles. The summed E-state index contributed by atoms with van der Waals surface area (Å²) in [6, 6.07) is 7.50. The molecule has 1 amide bonds. The van der Waals surface area contributed by atoms with Gasteiger partial charge in [-0.1, -0.05) is 18.2 Å². The highest BCUT2D eigenvalue weighted by Gasteiger charge is 2.29. The highest BCUT2D eigenvalue weighted by Crippen LogP contribution is 2.39. The van der Waals surface area contributed by atoms with Gasteiger partial charge in [0.2, 0.25) is 0 Å². The van der Waals surface area contributed by atoms with Crippen molar-refractivity contribution in [1.82, 2.24) is 4.98 Å². The first-order chi connectivity index (χ1) is 16.9. The van der Waals surface area contributed by atoms with Crippen molar-refractivity contribution < 1.29 is 23.9 Å². The maximum Gasteiger partial charge on any atom is 0.341 e. The monoisotopic (exact) mass is 492 g/mol. The number of thiophene rings is 1. The molecule has 0 aliphatic heterocycles. The Hall–Kier alpha value is -3.26. The van der Waals surface area contributed by atoms with E-state index in [1.54, 1.807) is 13.8 Å². The Morgan fingerprint density at radius 3 is 2.57 bits per heavy atom. The van der Waals surface area contributed by atoms with Gasteiger partial charge in [0.1, 0.15) is 5.00 Å². The molecule has 5 rings (SSSR count). The van der Waals surface area contributed by atoms with Gasteiger partial charge >= 0.3 is 11.9 Å². The Morgan fingerprint density at radius 2 is 1.74 bits per heavy atom. The molecule has 2 aliphatic rings. The SMILES string of the molecule is CC(C)OC(=O)c1c(NC(=O)COC(=O)c2c3c(nc4ccccc24)CCC3)sc2c1CCCC2. The number of ether oxygens (including phenoxy) is 2. The first kappa shape index (κ1) is 23.5. The molecular formula is C27H28N2O5S. The predicted molar refractivity (Wildman–Crippen MR) is 134 cm³/mol. The van der Waals surface area contributed by atoms with E-state index in [4.69, 9.17) is 14.5 Å². The molecule has 0 saturated carbocycles. The number of hydrogen-bond acceptors (Lipinski definition) is 7. The quantitative estimate of drug-likeness (QED) is 0.485. The lowest BCUT2D eigenvalue weighted by molar-refractivity contribution is -0.119. The molecule has 0 atom stereocenters. The molecule has 7 nitrogen and oxygen atoms in total. The van der Waals surface area contributed by atoms with E-state index in [9.17, 15) is 14.4 Å². The van der Waals surface area contributed by atoms with Crippen molar-refractivity contribution in [2.24, 2.45) is 0 Å². The summed E-state index contributed by atoms with van der Waals surface area (Å²) in [4.78, 5) is 44.6. The van der Waals surface area contributed by atoms with Gasteiger partial charge in [-0.15, -0.1) is 11.3 Å². The number of nitrogens with one attached hydrogen (secondary N) is 1. The van der Waals surface area contributed by atoms with Gasteiger partial charge in [0.15, 0.2) is 6.61 Å². The summed E-state index contributed by atoms with van der Waals surface area (Å²) >= 11 is 1.41. The summed E-state index contributed by atoms with van der Waals surface area (Å²) in [7, 11) is 0. The topological polar surface area (TPSA) is 94.6 Å². The smallest absolute Gasteiger partial charge is 0.341 e. The Labute approximate surface area is 207 Å². The van der Waals surface area contributed by atoms with Crippen molar-refractivity contribution in [3.63, 3.8) is 0 Å². The summed E-state index contributed by atoms with van der Waals surface area (Å²) in [5.74, 6) is -1.43. The maximum absolute atomic E-state index is 13.1. The highest BCUT2D eigenvalue weighted by molar-refractivity contribution is 7.17. The van der Waals surface area contributed by atoms with Gasteiger partial charge in [-0.25, -0.2) is 9.59 Å². The van der Waals surface area contributed by atoms with Crippen LogP contribution in [-0.2, 0) is 40.0 Å². The molecule has 2 aromatic heterocycles. The number of rotatable bonds is 6. The fraction of sp³-hybridized carbons (Fsp3) is 0.407. The molecule has 0 saturated heterocycles. The molecule has 2 aliphatic carbocycles. The molecule has 1 N–H and O–H groups in total. The van der Waals surface area contributed by atoms with Crippen LogP contribution in [0, 0.1) is 0 Å². The summed E-state index contributed by atoms with van der Waals surface area (Å²) in [6.45, 7) is 3.16. The number of amides is 1. The van der Waals surface area contributed by atoms with Gasteiger partial charge in [-0.05, 0) is 76.0 Å². The van der Waals surface area contributed by atoms with Crippen LogP contribution in [0.4, 0.5) is 5.00 Å². The Balaban J connectivity index is 1.34. The van der Waals surface area contributed by atoms with Gasteiger partial charge in [0.05, 0.1) is 22.7 Å². The average molecular weight is 493 g/mol. The summed E-state index contributed by atoms with van der Waals surface area (Å²) in [6.07, 6.45) is 6.01. The van der Waals surface area contributed by atoms with Crippen molar-refractivity contribution in [1.29, 1.82) is 0 Å². The molecule has 0 unspecified atom stereocenters. The number of aryl methyl sites for hydroxylation is 2. The second-order valence-corrected chi connectivity index (χ2v) is 10.4. The third-order valence-corrected chi connectivity index (χ3v) is 7.64. The lowest BCUT2D eigenvalue weighted by Gasteiger charge is -2.14. The van der Waals surface area contributed by atoms with E-state index in [0.29, 0.717) is 16.1 Å². The van der Waals surface area contributed by atoms with Crippen molar-refractivity contribution in [2.75, 3.05) is 11.9 Å². The van der Waals surface area contributed by atoms with Gasteiger partial charge in [-0.2, -0.15) is 0 Å². The van der Waals surface area contributed by atoms with E-state index < -0.39 is 24.5 Å². The number of nitrogens with zero attached hydrogens (tertiary/aromatic N) is 1. The van der Waals surface area contributed by atoms with Gasteiger partial charge in [-0.3, -0.25) is 9.78 Å². The second kappa shape index (κ2) is 9.77. The van der Waals surface area contributed by atoms with Crippen LogP contribution in [0.2, 0.25) is 0 Å². The summed E-state index contributed by atoms with van der Waals surface area (Å²) < 4.78 is 10.9. The predicted octanol–water partition coefficient (Wildman–Crippen LogP) is 5.02. The Bertz CT molecular complexity index is 1330. The minimum atomic E-state index is -0.526. The number of pyridine rings is 1. The van der Waals surface area contributed by atoms with Gasteiger partial charge in [0.25, 0.3) is 5.91 Å². The minimum Gasteiger partial charge on any atom is -0.459 e. The van der Waals surface area contributed by atoms with E-state index in [1.165, 1.54) is 11.3 Å². The number of carbonyl (C=O) groups is 3. The van der Waals surface area contributed by atoms with E-state index >= 15 is 0 Å². The van der Waals surface area contributed by atoms with E-state index in [0.717, 1.165) is 77.5 Å². The normalized spacial score (nSPS) is 14.5. The van der Waals surface area contributed by atoms with Crippen LogP contribution >= 0.6 is 11.3 Å². The molecule has 1 aromatic carbocycles. The molecular weight excluding hydrogens is 464 g/mol. The molecule has 8 heteroatoms. The molecule has 35 heavy (non-hydrogen) atoms.